The van der Waals surface area contributed by atoms with Crippen LogP contribution in [0.25, 0.3) is 0 Å². The molecule has 0 unspecified atom stereocenters. The van der Waals surface area contributed by atoms with Crippen molar-refractivity contribution in [3.63, 3.8) is 0 Å². The van der Waals surface area contributed by atoms with Gasteiger partial charge in [0, 0.05) is 12.1 Å². The lowest BCUT2D eigenvalue weighted by Gasteiger charge is -2.22. The van der Waals surface area contributed by atoms with Crippen LogP contribution in [-0.4, -0.2) is 36.0 Å². The maximum Gasteiger partial charge on any atom is 0.335 e. The first-order valence-electron chi connectivity index (χ1n) is 9.42. The Balaban J connectivity index is 1.55. The van der Waals surface area contributed by atoms with Crippen LogP contribution in [0.2, 0.25) is 0 Å². The minimum atomic E-state index is -3.76. The highest BCUT2D eigenvalue weighted by Crippen LogP contribution is 2.33. The summed E-state index contributed by atoms with van der Waals surface area (Å²) >= 11 is 0. The third-order valence-corrected chi connectivity index (χ3v) is 6.40. The molecular formula is C21H21N3O4S. The fraction of sp³-hybridized carbons (Fsp3) is 0.286. The van der Waals surface area contributed by atoms with Gasteiger partial charge in [-0.05, 0) is 37.5 Å². The number of likely N-dealkylation sites (tertiary alicyclic amines) is 1. The van der Waals surface area contributed by atoms with Crippen molar-refractivity contribution in [2.75, 3.05) is 6.54 Å². The zero-order valence-electron chi connectivity index (χ0n) is 16.0. The van der Waals surface area contributed by atoms with Gasteiger partial charge in [-0.1, -0.05) is 53.1 Å². The molecule has 0 aliphatic carbocycles. The second-order valence-corrected chi connectivity index (χ2v) is 9.04. The lowest BCUT2D eigenvalue weighted by Crippen LogP contribution is -2.30. The summed E-state index contributed by atoms with van der Waals surface area (Å²) in [4.78, 5) is 14.6. The standard InChI is InChI=1S/C21H21N3O4S/c1-15-9-11-17(12-10-15)20(25)24-13-5-8-18(24)19-22-23-21(28-19)29(26,27)14-16-6-3-2-4-7-16/h2-4,6-7,9-12,18H,5,8,13-14H2,1H3/t18-/m0/s1. The summed E-state index contributed by atoms with van der Waals surface area (Å²) in [5.74, 6) is -0.180. The van der Waals surface area contributed by atoms with E-state index in [4.69, 9.17) is 4.42 Å². The van der Waals surface area contributed by atoms with E-state index >= 15 is 0 Å². The van der Waals surface area contributed by atoms with Gasteiger partial charge in [0.05, 0.1) is 5.75 Å². The third kappa shape index (κ3) is 4.07. The number of carbonyl (C=O) groups is 1. The second-order valence-electron chi connectivity index (χ2n) is 7.17. The number of sulfone groups is 1. The van der Waals surface area contributed by atoms with Gasteiger partial charge >= 0.3 is 5.22 Å². The average Bonchev–Trinajstić information content (AvgIpc) is 3.38. The van der Waals surface area contributed by atoms with E-state index in [1.807, 2.05) is 25.1 Å². The van der Waals surface area contributed by atoms with Crippen molar-refractivity contribution in [1.29, 1.82) is 0 Å². The molecule has 7 nitrogen and oxygen atoms in total. The van der Waals surface area contributed by atoms with E-state index in [0.717, 1.165) is 12.0 Å². The number of amides is 1. The molecule has 3 aromatic rings. The normalized spacial score (nSPS) is 16.9. The van der Waals surface area contributed by atoms with Crippen LogP contribution in [-0.2, 0) is 15.6 Å². The van der Waals surface area contributed by atoms with Crippen LogP contribution in [0.1, 0.15) is 46.3 Å². The van der Waals surface area contributed by atoms with Gasteiger partial charge in [0.25, 0.3) is 5.91 Å². The van der Waals surface area contributed by atoms with Gasteiger partial charge in [0.2, 0.25) is 15.7 Å². The van der Waals surface area contributed by atoms with Crippen molar-refractivity contribution in [2.24, 2.45) is 0 Å². The van der Waals surface area contributed by atoms with Crippen LogP contribution in [0.3, 0.4) is 0 Å². The number of benzene rings is 2. The molecule has 0 bridgehead atoms. The number of hydrogen-bond acceptors (Lipinski definition) is 6. The Morgan fingerprint density at radius 3 is 2.55 bits per heavy atom. The molecule has 1 saturated heterocycles. The maximum atomic E-state index is 12.9. The molecule has 1 aromatic heterocycles. The molecule has 0 radical (unpaired) electrons. The molecule has 1 aliphatic heterocycles. The van der Waals surface area contributed by atoms with Crippen LogP contribution >= 0.6 is 0 Å². The number of hydrogen-bond donors (Lipinski definition) is 0. The quantitative estimate of drug-likeness (QED) is 0.639. The van der Waals surface area contributed by atoms with Crippen molar-refractivity contribution in [1.82, 2.24) is 15.1 Å². The molecule has 29 heavy (non-hydrogen) atoms. The molecule has 2 heterocycles. The fourth-order valence-corrected chi connectivity index (χ4v) is 4.60. The number of aryl methyl sites for hydroxylation is 1. The van der Waals surface area contributed by atoms with Gasteiger partial charge in [-0.25, -0.2) is 8.42 Å². The minimum absolute atomic E-state index is 0.126. The van der Waals surface area contributed by atoms with E-state index in [0.29, 0.717) is 24.1 Å². The first-order chi connectivity index (χ1) is 13.9. The lowest BCUT2D eigenvalue weighted by molar-refractivity contribution is 0.0712. The Bertz CT molecular complexity index is 1110. The fourth-order valence-electron chi connectivity index (χ4n) is 3.46. The molecule has 0 saturated carbocycles. The summed E-state index contributed by atoms with van der Waals surface area (Å²) in [7, 11) is -3.76. The van der Waals surface area contributed by atoms with Crippen molar-refractivity contribution in [3.05, 3.63) is 77.2 Å². The largest absolute Gasteiger partial charge is 0.410 e. The Hall–Kier alpha value is -3.00. The van der Waals surface area contributed by atoms with Gasteiger partial charge < -0.3 is 9.32 Å². The van der Waals surface area contributed by atoms with E-state index in [1.165, 1.54) is 0 Å². The molecule has 0 spiro atoms. The summed E-state index contributed by atoms with van der Waals surface area (Å²) < 4.78 is 30.8. The molecular weight excluding hydrogens is 390 g/mol. The third-order valence-electron chi connectivity index (χ3n) is 4.98. The van der Waals surface area contributed by atoms with Crippen LogP contribution in [0, 0.1) is 6.92 Å². The summed E-state index contributed by atoms with van der Waals surface area (Å²) in [5.41, 5.74) is 2.30. The number of aromatic nitrogens is 2. The summed E-state index contributed by atoms with van der Waals surface area (Å²) in [6, 6.07) is 15.8. The van der Waals surface area contributed by atoms with Crippen LogP contribution in [0.4, 0.5) is 0 Å². The highest BCUT2D eigenvalue weighted by atomic mass is 32.2. The maximum absolute atomic E-state index is 12.9. The topological polar surface area (TPSA) is 93.4 Å². The van der Waals surface area contributed by atoms with E-state index in [2.05, 4.69) is 10.2 Å². The van der Waals surface area contributed by atoms with Gasteiger partial charge in [0.1, 0.15) is 6.04 Å². The first-order valence-corrected chi connectivity index (χ1v) is 11.1. The summed E-state index contributed by atoms with van der Waals surface area (Å²) in [6.07, 6.45) is 1.44. The van der Waals surface area contributed by atoms with Crippen molar-refractivity contribution in [2.45, 2.75) is 36.8 Å². The van der Waals surface area contributed by atoms with Crippen LogP contribution < -0.4 is 0 Å². The molecule has 1 amide bonds. The Kier molecular flexibility index (Phi) is 5.19. The predicted octanol–water partition coefficient (Wildman–Crippen LogP) is 3.33. The number of carbonyl (C=O) groups excluding carboxylic acids is 1. The Labute approximate surface area is 169 Å². The summed E-state index contributed by atoms with van der Waals surface area (Å²) in [6.45, 7) is 2.52. The minimum Gasteiger partial charge on any atom is -0.410 e. The summed E-state index contributed by atoms with van der Waals surface area (Å²) in [5, 5.41) is 7.31. The highest BCUT2D eigenvalue weighted by Gasteiger charge is 2.35. The van der Waals surface area contributed by atoms with Crippen LogP contribution in [0.5, 0.6) is 0 Å². The van der Waals surface area contributed by atoms with E-state index in [-0.39, 0.29) is 17.6 Å². The molecule has 8 heteroatoms. The van der Waals surface area contributed by atoms with Crippen molar-refractivity contribution in [3.8, 4) is 0 Å². The molecule has 1 atom stereocenters. The second kappa shape index (κ2) is 7.79. The number of rotatable bonds is 5. The molecule has 2 aromatic carbocycles. The zero-order valence-corrected chi connectivity index (χ0v) is 16.8. The average molecular weight is 411 g/mol. The molecule has 0 N–H and O–H groups in total. The van der Waals surface area contributed by atoms with E-state index in [9.17, 15) is 13.2 Å². The Morgan fingerprint density at radius 1 is 1.10 bits per heavy atom. The highest BCUT2D eigenvalue weighted by molar-refractivity contribution is 7.90. The van der Waals surface area contributed by atoms with Gasteiger partial charge in [0.15, 0.2) is 0 Å². The van der Waals surface area contributed by atoms with Crippen molar-refractivity contribution >= 4 is 15.7 Å². The Morgan fingerprint density at radius 2 is 1.83 bits per heavy atom. The van der Waals surface area contributed by atoms with E-state index in [1.54, 1.807) is 41.3 Å². The van der Waals surface area contributed by atoms with Gasteiger partial charge in [-0.15, -0.1) is 5.10 Å². The number of nitrogens with zero attached hydrogens (tertiary/aromatic N) is 3. The van der Waals surface area contributed by atoms with Crippen molar-refractivity contribution < 1.29 is 17.6 Å². The van der Waals surface area contributed by atoms with Crippen LogP contribution in [0.15, 0.2) is 64.2 Å². The van der Waals surface area contributed by atoms with E-state index < -0.39 is 21.1 Å². The SMILES string of the molecule is Cc1ccc(C(=O)N2CCC[C@H]2c2nnc(S(=O)(=O)Cc3ccccc3)o2)cc1. The molecule has 150 valence electrons. The smallest absolute Gasteiger partial charge is 0.335 e. The zero-order chi connectivity index (χ0) is 20.4. The first kappa shape index (κ1) is 19.3. The van der Waals surface area contributed by atoms with Gasteiger partial charge in [-0.2, -0.15) is 0 Å². The predicted molar refractivity (Wildman–Crippen MR) is 106 cm³/mol. The molecule has 4 rings (SSSR count). The monoisotopic (exact) mass is 411 g/mol. The lowest BCUT2D eigenvalue weighted by atomic mass is 10.1. The van der Waals surface area contributed by atoms with Gasteiger partial charge in [-0.3, -0.25) is 4.79 Å². The molecule has 1 fully saturated rings. The molecule has 1 aliphatic rings.